The summed E-state index contributed by atoms with van der Waals surface area (Å²) in [5, 5.41) is 0.975. The van der Waals surface area contributed by atoms with Crippen molar-refractivity contribution in [1.29, 1.82) is 0 Å². The minimum Gasteiger partial charge on any atom is -0.423 e. The molecule has 0 bridgehead atoms. The Morgan fingerprint density at radius 2 is 1.53 bits per heavy atom. The molecule has 0 unspecified atom stereocenters. The predicted molar refractivity (Wildman–Crippen MR) is 77.4 cm³/mol. The van der Waals surface area contributed by atoms with E-state index in [0.717, 1.165) is 22.1 Å². The van der Waals surface area contributed by atoms with E-state index in [2.05, 4.69) is 0 Å². The zero-order valence-electron chi connectivity index (χ0n) is 10.9. The van der Waals surface area contributed by atoms with Crippen LogP contribution in [0.4, 0.5) is 0 Å². The third-order valence-electron chi connectivity index (χ3n) is 3.26. The largest absolute Gasteiger partial charge is 0.423 e. The molecule has 0 amide bonds. The summed E-state index contributed by atoms with van der Waals surface area (Å²) in [7, 11) is 0. The van der Waals surface area contributed by atoms with Gasteiger partial charge in [-0.3, -0.25) is 0 Å². The lowest BCUT2D eigenvalue weighted by atomic mass is 10.00. The molecule has 0 spiro atoms. The molecule has 0 aliphatic rings. The fourth-order valence-electron chi connectivity index (χ4n) is 2.25. The van der Waals surface area contributed by atoms with Gasteiger partial charge < -0.3 is 4.42 Å². The van der Waals surface area contributed by atoms with Crippen LogP contribution in [0.5, 0.6) is 0 Å². The Labute approximate surface area is 111 Å². The van der Waals surface area contributed by atoms with Gasteiger partial charge in [-0.15, -0.1) is 0 Å². The average molecular weight is 250 g/mol. The molecule has 0 radical (unpaired) electrons. The van der Waals surface area contributed by atoms with E-state index in [1.165, 1.54) is 5.56 Å². The number of aryl methyl sites for hydroxylation is 2. The molecule has 0 fully saturated rings. The summed E-state index contributed by atoms with van der Waals surface area (Å²) >= 11 is 0. The molecular weight excluding hydrogens is 236 g/mol. The summed E-state index contributed by atoms with van der Waals surface area (Å²) < 4.78 is 5.25. The molecule has 0 aliphatic carbocycles. The second kappa shape index (κ2) is 4.39. The standard InChI is InChI=1S/C17H14O2/c1-11-3-6-13(7-4-11)14-10-17(18)19-16-8-5-12(2)9-15(14)16/h3-10H,1-2H3. The Kier molecular flexibility index (Phi) is 2.71. The Bertz CT molecular complexity index is 796. The lowest BCUT2D eigenvalue weighted by molar-refractivity contribution is 0.561. The maximum absolute atomic E-state index is 11.7. The zero-order valence-corrected chi connectivity index (χ0v) is 10.9. The highest BCUT2D eigenvalue weighted by Crippen LogP contribution is 2.28. The molecule has 1 aromatic heterocycles. The monoisotopic (exact) mass is 250 g/mol. The van der Waals surface area contributed by atoms with Crippen LogP contribution in [0.15, 0.2) is 57.7 Å². The fraction of sp³-hybridized carbons (Fsp3) is 0.118. The number of rotatable bonds is 1. The minimum atomic E-state index is -0.313. The van der Waals surface area contributed by atoms with Crippen LogP contribution in [0.3, 0.4) is 0 Å². The number of fused-ring (bicyclic) bond motifs is 1. The first kappa shape index (κ1) is 11.7. The van der Waals surface area contributed by atoms with E-state index < -0.39 is 0 Å². The highest BCUT2D eigenvalue weighted by molar-refractivity contribution is 5.93. The Morgan fingerprint density at radius 1 is 0.842 bits per heavy atom. The van der Waals surface area contributed by atoms with Crippen LogP contribution >= 0.6 is 0 Å². The van der Waals surface area contributed by atoms with Crippen LogP contribution in [0.25, 0.3) is 22.1 Å². The van der Waals surface area contributed by atoms with Crippen molar-refractivity contribution in [2.75, 3.05) is 0 Å². The fourth-order valence-corrected chi connectivity index (χ4v) is 2.25. The molecule has 3 aromatic rings. The average Bonchev–Trinajstić information content (AvgIpc) is 2.39. The van der Waals surface area contributed by atoms with Gasteiger partial charge in [-0.2, -0.15) is 0 Å². The van der Waals surface area contributed by atoms with Gasteiger partial charge in [-0.05, 0) is 37.1 Å². The van der Waals surface area contributed by atoms with Crippen molar-refractivity contribution in [3.05, 3.63) is 70.1 Å². The van der Waals surface area contributed by atoms with E-state index in [9.17, 15) is 4.79 Å². The van der Waals surface area contributed by atoms with Gasteiger partial charge in [0.1, 0.15) is 5.58 Å². The van der Waals surface area contributed by atoms with Crippen LogP contribution in [-0.4, -0.2) is 0 Å². The minimum absolute atomic E-state index is 0.313. The van der Waals surface area contributed by atoms with Gasteiger partial charge >= 0.3 is 5.63 Å². The SMILES string of the molecule is Cc1ccc(-c2cc(=O)oc3ccc(C)cc23)cc1. The Balaban J connectivity index is 2.35. The smallest absolute Gasteiger partial charge is 0.336 e. The van der Waals surface area contributed by atoms with Crippen molar-refractivity contribution in [1.82, 2.24) is 0 Å². The molecule has 0 saturated carbocycles. The summed E-state index contributed by atoms with van der Waals surface area (Å²) in [4.78, 5) is 11.7. The third kappa shape index (κ3) is 2.17. The lowest BCUT2D eigenvalue weighted by Gasteiger charge is -2.06. The van der Waals surface area contributed by atoms with Crippen LogP contribution in [0, 0.1) is 13.8 Å². The molecule has 0 atom stereocenters. The summed E-state index contributed by atoms with van der Waals surface area (Å²) in [5.74, 6) is 0. The molecule has 3 rings (SSSR count). The van der Waals surface area contributed by atoms with Gasteiger partial charge in [-0.1, -0.05) is 41.5 Å². The van der Waals surface area contributed by atoms with E-state index in [4.69, 9.17) is 4.42 Å². The van der Waals surface area contributed by atoms with Gasteiger partial charge in [0.15, 0.2) is 0 Å². The normalized spacial score (nSPS) is 10.8. The molecule has 94 valence electrons. The summed E-state index contributed by atoms with van der Waals surface area (Å²) in [6, 6.07) is 15.6. The van der Waals surface area contributed by atoms with Crippen LogP contribution in [0.2, 0.25) is 0 Å². The van der Waals surface area contributed by atoms with Gasteiger partial charge in [0.05, 0.1) is 0 Å². The summed E-state index contributed by atoms with van der Waals surface area (Å²) in [6.07, 6.45) is 0. The summed E-state index contributed by atoms with van der Waals surface area (Å²) in [6.45, 7) is 4.08. The first-order valence-corrected chi connectivity index (χ1v) is 6.25. The number of hydrogen-bond donors (Lipinski definition) is 0. The van der Waals surface area contributed by atoms with E-state index >= 15 is 0 Å². The van der Waals surface area contributed by atoms with Crippen LogP contribution in [-0.2, 0) is 0 Å². The topological polar surface area (TPSA) is 30.2 Å². The van der Waals surface area contributed by atoms with Crippen molar-refractivity contribution < 1.29 is 4.42 Å². The van der Waals surface area contributed by atoms with E-state index in [0.29, 0.717) is 5.58 Å². The summed E-state index contributed by atoms with van der Waals surface area (Å²) in [5.41, 5.74) is 4.63. The van der Waals surface area contributed by atoms with Crippen molar-refractivity contribution in [3.63, 3.8) is 0 Å². The van der Waals surface area contributed by atoms with E-state index in [1.807, 2.05) is 56.3 Å². The molecule has 1 heterocycles. The first-order valence-electron chi connectivity index (χ1n) is 6.25. The van der Waals surface area contributed by atoms with Gasteiger partial charge in [0.25, 0.3) is 0 Å². The predicted octanol–water partition coefficient (Wildman–Crippen LogP) is 4.08. The Hall–Kier alpha value is -2.35. The highest BCUT2D eigenvalue weighted by Gasteiger charge is 2.07. The quantitative estimate of drug-likeness (QED) is 0.609. The maximum atomic E-state index is 11.7. The second-order valence-electron chi connectivity index (χ2n) is 4.84. The van der Waals surface area contributed by atoms with Gasteiger partial charge in [0.2, 0.25) is 0 Å². The molecular formula is C17H14O2. The molecule has 2 heteroatoms. The van der Waals surface area contributed by atoms with Crippen molar-refractivity contribution >= 4 is 11.0 Å². The molecule has 2 aromatic carbocycles. The number of benzene rings is 2. The highest BCUT2D eigenvalue weighted by atomic mass is 16.4. The molecule has 2 nitrogen and oxygen atoms in total. The Morgan fingerprint density at radius 3 is 2.26 bits per heavy atom. The molecule has 0 saturated heterocycles. The molecule has 0 N–H and O–H groups in total. The molecule has 0 aliphatic heterocycles. The second-order valence-corrected chi connectivity index (χ2v) is 4.84. The first-order chi connectivity index (χ1) is 9.13. The van der Waals surface area contributed by atoms with Gasteiger partial charge in [0, 0.05) is 11.5 Å². The van der Waals surface area contributed by atoms with E-state index in [1.54, 1.807) is 6.07 Å². The van der Waals surface area contributed by atoms with Crippen molar-refractivity contribution in [3.8, 4) is 11.1 Å². The molecule has 19 heavy (non-hydrogen) atoms. The third-order valence-corrected chi connectivity index (χ3v) is 3.26. The van der Waals surface area contributed by atoms with Crippen LogP contribution in [0.1, 0.15) is 11.1 Å². The van der Waals surface area contributed by atoms with Crippen LogP contribution < -0.4 is 5.63 Å². The van der Waals surface area contributed by atoms with Crippen molar-refractivity contribution in [2.45, 2.75) is 13.8 Å². The maximum Gasteiger partial charge on any atom is 0.336 e. The van der Waals surface area contributed by atoms with Crippen molar-refractivity contribution in [2.24, 2.45) is 0 Å². The van der Waals surface area contributed by atoms with E-state index in [-0.39, 0.29) is 5.63 Å². The van der Waals surface area contributed by atoms with Gasteiger partial charge in [-0.25, -0.2) is 4.79 Å². The lowest BCUT2D eigenvalue weighted by Crippen LogP contribution is -1.98. The number of hydrogen-bond acceptors (Lipinski definition) is 2. The zero-order chi connectivity index (χ0) is 13.4.